The first kappa shape index (κ1) is 25.6. The van der Waals surface area contributed by atoms with Crippen LogP contribution >= 0.6 is 0 Å². The second kappa shape index (κ2) is 8.97. The van der Waals surface area contributed by atoms with E-state index in [-0.39, 0.29) is 12.2 Å². The van der Waals surface area contributed by atoms with Crippen LogP contribution in [0.4, 0.5) is 0 Å². The largest absolute Gasteiger partial charge is 0.373 e. The van der Waals surface area contributed by atoms with Gasteiger partial charge < -0.3 is 9.47 Å². The maximum atomic E-state index is 12.6. The maximum Gasteiger partial charge on any atom is 0.0720 e. The van der Waals surface area contributed by atoms with Gasteiger partial charge in [0.15, 0.2) is 0 Å². The van der Waals surface area contributed by atoms with Gasteiger partial charge >= 0.3 is 0 Å². The molecule has 1 aromatic rings. The summed E-state index contributed by atoms with van der Waals surface area (Å²) in [6.07, 6.45) is 3.04. The predicted octanol–water partition coefficient (Wildman–Crippen LogP) is 5.45. The summed E-state index contributed by atoms with van der Waals surface area (Å²) in [5.74, 6) is 0. The van der Waals surface area contributed by atoms with Crippen LogP contribution in [0.15, 0.2) is 24.3 Å². The molecule has 0 N–H and O–H groups in total. The van der Waals surface area contributed by atoms with Crippen molar-refractivity contribution in [3.05, 3.63) is 35.4 Å². The maximum absolute atomic E-state index is 12.6. The van der Waals surface area contributed by atoms with Crippen molar-refractivity contribution >= 4 is 0 Å². The summed E-state index contributed by atoms with van der Waals surface area (Å²) in [6.45, 7) is 17.0. The fourth-order valence-electron chi connectivity index (χ4n) is 5.82. The van der Waals surface area contributed by atoms with Gasteiger partial charge in [0.2, 0.25) is 0 Å². The minimum atomic E-state index is -0.427. The van der Waals surface area contributed by atoms with E-state index in [0.717, 1.165) is 36.8 Å². The third kappa shape index (κ3) is 5.72. The third-order valence-corrected chi connectivity index (χ3v) is 7.07. The van der Waals surface area contributed by atoms with Gasteiger partial charge in [0.25, 0.3) is 0 Å². The first-order valence-electron chi connectivity index (χ1n) is 11.9. The van der Waals surface area contributed by atoms with Crippen LogP contribution in [-0.4, -0.2) is 44.5 Å². The van der Waals surface area contributed by atoms with Gasteiger partial charge in [-0.05, 0) is 92.2 Å². The molecule has 2 heterocycles. The summed E-state index contributed by atoms with van der Waals surface area (Å²) in [4.78, 5) is 0. The Morgan fingerprint density at radius 3 is 1.31 bits per heavy atom. The van der Waals surface area contributed by atoms with Crippen molar-refractivity contribution in [3.8, 4) is 0 Å². The molecule has 2 fully saturated rings. The molecule has 0 aromatic heterocycles. The molecule has 32 heavy (non-hydrogen) atoms. The molecule has 0 atom stereocenters. The lowest BCUT2D eigenvalue weighted by Crippen LogP contribution is -2.59. The monoisotopic (exact) mass is 446 g/mol. The number of benzene rings is 1. The van der Waals surface area contributed by atoms with Crippen LogP contribution in [0.3, 0.4) is 0 Å². The summed E-state index contributed by atoms with van der Waals surface area (Å²) in [6, 6.07) is 8.33. The Morgan fingerprint density at radius 2 is 1.00 bits per heavy atom. The van der Waals surface area contributed by atoms with E-state index in [2.05, 4.69) is 18.2 Å². The van der Waals surface area contributed by atoms with Crippen LogP contribution in [-0.2, 0) is 33.1 Å². The Bertz CT molecular complexity index is 693. The molecule has 0 aliphatic carbocycles. The van der Waals surface area contributed by atoms with Crippen LogP contribution in [0.2, 0.25) is 0 Å². The molecule has 2 aliphatic heterocycles. The summed E-state index contributed by atoms with van der Waals surface area (Å²) >= 11 is 0. The van der Waals surface area contributed by atoms with Crippen molar-refractivity contribution in [1.29, 1.82) is 0 Å². The lowest BCUT2D eigenvalue weighted by molar-refractivity contribution is -0.301. The van der Waals surface area contributed by atoms with Gasteiger partial charge in [0, 0.05) is 22.2 Å². The SMILES string of the molecule is CC1(C)CC(OCc2cccc(COC3CC(C)(C)N([O])C(C)(C)C3)c2)CC(C)(C)N1[O]. The molecule has 2 aliphatic rings. The van der Waals surface area contributed by atoms with Crippen LogP contribution in [0.25, 0.3) is 0 Å². The molecule has 2 radical (unpaired) electrons. The highest BCUT2D eigenvalue weighted by Gasteiger charge is 2.47. The third-order valence-electron chi connectivity index (χ3n) is 7.07. The Hall–Kier alpha value is -1.02. The number of hydrogen-bond acceptors (Lipinski definition) is 4. The fourth-order valence-corrected chi connectivity index (χ4v) is 5.82. The highest BCUT2D eigenvalue weighted by molar-refractivity contribution is 5.22. The van der Waals surface area contributed by atoms with Crippen LogP contribution in [0.5, 0.6) is 0 Å². The molecule has 3 rings (SSSR count). The topological polar surface area (TPSA) is 64.7 Å². The molecule has 0 bridgehead atoms. The molecular weight excluding hydrogens is 404 g/mol. The van der Waals surface area contributed by atoms with Crippen LogP contribution in [0, 0.1) is 0 Å². The van der Waals surface area contributed by atoms with E-state index in [1.165, 1.54) is 10.1 Å². The molecule has 0 amide bonds. The normalized spacial score (nSPS) is 26.3. The van der Waals surface area contributed by atoms with Crippen molar-refractivity contribution in [1.82, 2.24) is 10.1 Å². The predicted molar refractivity (Wildman–Crippen MR) is 123 cm³/mol. The lowest BCUT2D eigenvalue weighted by atomic mass is 9.80. The average Bonchev–Trinajstić information content (AvgIpc) is 2.66. The first-order chi connectivity index (χ1) is 14.6. The number of nitrogens with zero attached hydrogens (tertiary/aromatic N) is 2. The summed E-state index contributed by atoms with van der Waals surface area (Å²) in [5, 5.41) is 27.6. The number of hydroxylamine groups is 4. The van der Waals surface area contributed by atoms with Gasteiger partial charge in [-0.15, -0.1) is 20.5 Å². The van der Waals surface area contributed by atoms with Gasteiger partial charge in [-0.25, -0.2) is 0 Å². The Kier molecular flexibility index (Phi) is 7.18. The fraction of sp³-hybridized carbons (Fsp3) is 0.769. The highest BCUT2D eigenvalue weighted by atomic mass is 16.5. The van der Waals surface area contributed by atoms with E-state index < -0.39 is 22.2 Å². The second-order valence-corrected chi connectivity index (χ2v) is 12.3. The first-order valence-corrected chi connectivity index (χ1v) is 11.9. The standard InChI is InChI=1S/C26H42N2O4/c1-23(2)13-21(14-24(3,4)27(23)29)31-17-19-10-9-11-20(12-19)18-32-22-15-25(5,6)28(30)26(7,8)16-22/h9-12,21-22H,13-18H2,1-8H3. The van der Waals surface area contributed by atoms with E-state index in [1.54, 1.807) is 0 Å². The Balaban J connectivity index is 1.56. The summed E-state index contributed by atoms with van der Waals surface area (Å²) in [5.41, 5.74) is 0.516. The molecule has 0 spiro atoms. The molecule has 0 saturated carbocycles. The van der Waals surface area contributed by atoms with E-state index in [4.69, 9.17) is 9.47 Å². The zero-order chi connectivity index (χ0) is 23.9. The van der Waals surface area contributed by atoms with Gasteiger partial charge in [-0.3, -0.25) is 0 Å². The minimum absolute atomic E-state index is 0.0619. The zero-order valence-corrected chi connectivity index (χ0v) is 21.2. The number of hydrogen-bond donors (Lipinski definition) is 0. The van der Waals surface area contributed by atoms with Gasteiger partial charge in [0.05, 0.1) is 25.4 Å². The van der Waals surface area contributed by atoms with E-state index in [9.17, 15) is 10.4 Å². The zero-order valence-electron chi connectivity index (χ0n) is 21.2. The van der Waals surface area contributed by atoms with Gasteiger partial charge in [-0.1, -0.05) is 24.3 Å². The molecule has 180 valence electrons. The van der Waals surface area contributed by atoms with Crippen molar-refractivity contribution < 1.29 is 19.9 Å². The highest BCUT2D eigenvalue weighted by Crippen LogP contribution is 2.39. The lowest BCUT2D eigenvalue weighted by Gasteiger charge is -2.49. The molecule has 0 unspecified atom stereocenters. The van der Waals surface area contributed by atoms with E-state index in [1.807, 2.05) is 61.5 Å². The number of ether oxygens (including phenoxy) is 2. The number of piperidine rings is 2. The minimum Gasteiger partial charge on any atom is -0.373 e. The molecule has 2 saturated heterocycles. The smallest absolute Gasteiger partial charge is 0.0720 e. The van der Waals surface area contributed by atoms with Crippen LogP contribution in [0.1, 0.15) is 92.2 Å². The van der Waals surface area contributed by atoms with Crippen molar-refractivity contribution in [3.63, 3.8) is 0 Å². The van der Waals surface area contributed by atoms with Crippen molar-refractivity contribution in [2.75, 3.05) is 0 Å². The van der Waals surface area contributed by atoms with Gasteiger partial charge in [0.1, 0.15) is 0 Å². The van der Waals surface area contributed by atoms with E-state index >= 15 is 0 Å². The molecule has 6 heteroatoms. The average molecular weight is 447 g/mol. The Morgan fingerprint density at radius 1 is 0.688 bits per heavy atom. The quantitative estimate of drug-likeness (QED) is 0.582. The summed E-state index contributed by atoms with van der Waals surface area (Å²) < 4.78 is 12.5. The summed E-state index contributed by atoms with van der Waals surface area (Å²) in [7, 11) is 0. The second-order valence-electron chi connectivity index (χ2n) is 12.3. The number of rotatable bonds is 6. The van der Waals surface area contributed by atoms with Crippen molar-refractivity contribution in [2.45, 2.75) is 129 Å². The van der Waals surface area contributed by atoms with Gasteiger partial charge in [-0.2, -0.15) is 0 Å². The van der Waals surface area contributed by atoms with Crippen molar-refractivity contribution in [2.24, 2.45) is 0 Å². The van der Waals surface area contributed by atoms with Crippen LogP contribution < -0.4 is 0 Å². The van der Waals surface area contributed by atoms with E-state index in [0.29, 0.717) is 13.2 Å². The molecule has 1 aromatic carbocycles. The molecular formula is C26H42N2O4. The molecule has 6 nitrogen and oxygen atoms in total. The Labute approximate surface area is 194 Å².